The monoisotopic (exact) mass is 240 g/mol. The number of hydrogen-bond acceptors (Lipinski definition) is 4. The average Bonchev–Trinajstić information content (AvgIpc) is 2.28. The van der Waals surface area contributed by atoms with Crippen molar-refractivity contribution in [2.24, 2.45) is 5.92 Å². The van der Waals surface area contributed by atoms with Gasteiger partial charge >= 0.3 is 5.97 Å². The Morgan fingerprint density at radius 3 is 3.19 bits per heavy atom. The van der Waals surface area contributed by atoms with Crippen LogP contribution in [0.15, 0.2) is 6.07 Å². The zero-order chi connectivity index (χ0) is 11.5. The molecular weight excluding hydrogens is 228 g/mol. The van der Waals surface area contributed by atoms with Crippen LogP contribution in [-0.2, 0) is 22.4 Å². The van der Waals surface area contributed by atoms with E-state index in [0.717, 1.165) is 24.1 Å². The number of aromatic nitrogens is 2. The molecule has 1 aliphatic rings. The van der Waals surface area contributed by atoms with Crippen LogP contribution in [0.1, 0.15) is 24.6 Å². The number of nitrogens with zero attached hydrogens (tertiary/aromatic N) is 2. The maximum Gasteiger partial charge on any atom is 0.309 e. The van der Waals surface area contributed by atoms with Gasteiger partial charge in [0.2, 0.25) is 0 Å². The number of fused-ring (bicyclic) bond motifs is 1. The average molecular weight is 241 g/mol. The lowest BCUT2D eigenvalue weighted by atomic mass is 9.87. The van der Waals surface area contributed by atoms with Crippen LogP contribution >= 0.6 is 11.6 Å². The molecule has 1 aromatic rings. The fourth-order valence-electron chi connectivity index (χ4n) is 1.96. The fraction of sp³-hybridized carbons (Fsp3) is 0.545. The Hall–Kier alpha value is -1.16. The lowest BCUT2D eigenvalue weighted by Gasteiger charge is -2.21. The van der Waals surface area contributed by atoms with E-state index in [9.17, 15) is 4.79 Å². The lowest BCUT2D eigenvalue weighted by molar-refractivity contribution is -0.148. The molecular formula is C11H13ClN2O2. The summed E-state index contributed by atoms with van der Waals surface area (Å²) in [6.45, 7) is 2.24. The highest BCUT2D eigenvalue weighted by molar-refractivity contribution is 6.29. The topological polar surface area (TPSA) is 52.1 Å². The third kappa shape index (κ3) is 2.32. The number of halogens is 1. The zero-order valence-electron chi connectivity index (χ0n) is 9.07. The lowest BCUT2D eigenvalue weighted by Crippen LogP contribution is -2.25. The predicted molar refractivity (Wildman–Crippen MR) is 59.2 cm³/mol. The molecule has 0 saturated carbocycles. The Labute approximate surface area is 99.0 Å². The fourth-order valence-corrected chi connectivity index (χ4v) is 2.12. The van der Waals surface area contributed by atoms with Crippen LogP contribution in [0.4, 0.5) is 0 Å². The Morgan fingerprint density at radius 2 is 2.44 bits per heavy atom. The van der Waals surface area contributed by atoms with E-state index in [2.05, 4.69) is 10.2 Å². The van der Waals surface area contributed by atoms with Crippen LogP contribution in [0.5, 0.6) is 0 Å². The van der Waals surface area contributed by atoms with Crippen LogP contribution in [0.3, 0.4) is 0 Å². The molecule has 0 spiro atoms. The molecule has 0 amide bonds. The molecule has 4 nitrogen and oxygen atoms in total. The molecule has 86 valence electrons. The predicted octanol–water partition coefficient (Wildman–Crippen LogP) is 1.80. The standard InChI is InChI=1S/C11H13ClN2O2/c1-2-16-11(15)7-3-4-9-8(5-7)6-10(12)14-13-9/h6-7H,2-5H2,1H3/t7-/m0/s1. The summed E-state index contributed by atoms with van der Waals surface area (Å²) in [5, 5.41) is 8.20. The van der Waals surface area contributed by atoms with E-state index in [1.165, 1.54) is 0 Å². The van der Waals surface area contributed by atoms with Crippen LogP contribution in [0, 0.1) is 5.92 Å². The molecule has 0 radical (unpaired) electrons. The molecule has 1 atom stereocenters. The van der Waals surface area contributed by atoms with Gasteiger partial charge < -0.3 is 4.74 Å². The normalized spacial score (nSPS) is 19.0. The summed E-state index contributed by atoms with van der Waals surface area (Å²) in [5.74, 6) is -0.186. The summed E-state index contributed by atoms with van der Waals surface area (Å²) in [7, 11) is 0. The number of aryl methyl sites for hydroxylation is 1. The summed E-state index contributed by atoms with van der Waals surface area (Å²) in [6.07, 6.45) is 2.20. The molecule has 1 heterocycles. The van der Waals surface area contributed by atoms with E-state index >= 15 is 0 Å². The smallest absolute Gasteiger partial charge is 0.309 e. The van der Waals surface area contributed by atoms with Crippen molar-refractivity contribution in [1.82, 2.24) is 10.2 Å². The number of carbonyl (C=O) groups is 1. The van der Waals surface area contributed by atoms with E-state index in [4.69, 9.17) is 16.3 Å². The van der Waals surface area contributed by atoms with Gasteiger partial charge in [-0.25, -0.2) is 0 Å². The third-order valence-corrected chi connectivity index (χ3v) is 2.93. The molecule has 0 bridgehead atoms. The Morgan fingerprint density at radius 1 is 1.62 bits per heavy atom. The summed E-state index contributed by atoms with van der Waals surface area (Å²) >= 11 is 5.78. The van der Waals surface area contributed by atoms with E-state index in [0.29, 0.717) is 18.2 Å². The Balaban J connectivity index is 2.13. The first-order valence-electron chi connectivity index (χ1n) is 5.38. The minimum absolute atomic E-state index is 0.0623. The van der Waals surface area contributed by atoms with E-state index in [1.54, 1.807) is 6.07 Å². The van der Waals surface area contributed by atoms with Crippen molar-refractivity contribution in [3.8, 4) is 0 Å². The second-order valence-electron chi connectivity index (χ2n) is 3.83. The van der Waals surface area contributed by atoms with E-state index in [1.807, 2.05) is 6.92 Å². The van der Waals surface area contributed by atoms with Crippen molar-refractivity contribution >= 4 is 17.6 Å². The van der Waals surface area contributed by atoms with E-state index < -0.39 is 0 Å². The van der Waals surface area contributed by atoms with Gasteiger partial charge in [0.25, 0.3) is 0 Å². The number of ether oxygens (including phenoxy) is 1. The van der Waals surface area contributed by atoms with Gasteiger partial charge in [0.05, 0.1) is 18.2 Å². The van der Waals surface area contributed by atoms with Crippen LogP contribution < -0.4 is 0 Å². The molecule has 0 unspecified atom stereocenters. The maximum atomic E-state index is 11.6. The van der Waals surface area contributed by atoms with Crippen LogP contribution in [-0.4, -0.2) is 22.8 Å². The second kappa shape index (κ2) is 4.78. The van der Waals surface area contributed by atoms with Crippen LogP contribution in [0.25, 0.3) is 0 Å². The van der Waals surface area contributed by atoms with E-state index in [-0.39, 0.29) is 11.9 Å². The number of esters is 1. The molecule has 1 aliphatic carbocycles. The minimum atomic E-state index is -0.124. The van der Waals surface area contributed by atoms with Crippen molar-refractivity contribution in [2.45, 2.75) is 26.2 Å². The molecule has 0 aromatic carbocycles. The first-order chi connectivity index (χ1) is 7.70. The molecule has 0 fully saturated rings. The molecule has 5 heteroatoms. The summed E-state index contributed by atoms with van der Waals surface area (Å²) < 4.78 is 5.02. The highest BCUT2D eigenvalue weighted by atomic mass is 35.5. The van der Waals surface area contributed by atoms with Gasteiger partial charge in [0, 0.05) is 0 Å². The molecule has 2 rings (SSSR count). The maximum absolute atomic E-state index is 11.6. The van der Waals surface area contributed by atoms with Crippen molar-refractivity contribution in [2.75, 3.05) is 6.61 Å². The van der Waals surface area contributed by atoms with Crippen molar-refractivity contribution in [1.29, 1.82) is 0 Å². The molecule has 0 saturated heterocycles. The summed E-state index contributed by atoms with van der Waals surface area (Å²) in [5.41, 5.74) is 1.97. The highest BCUT2D eigenvalue weighted by Gasteiger charge is 2.26. The summed E-state index contributed by atoms with van der Waals surface area (Å²) in [6, 6.07) is 1.79. The highest BCUT2D eigenvalue weighted by Crippen LogP contribution is 2.25. The van der Waals surface area contributed by atoms with Gasteiger partial charge in [-0.15, -0.1) is 5.10 Å². The number of carbonyl (C=O) groups excluding carboxylic acids is 1. The van der Waals surface area contributed by atoms with Gasteiger partial charge in [-0.3, -0.25) is 4.79 Å². The van der Waals surface area contributed by atoms with Crippen molar-refractivity contribution in [3.05, 3.63) is 22.5 Å². The van der Waals surface area contributed by atoms with Crippen molar-refractivity contribution in [3.63, 3.8) is 0 Å². The summed E-state index contributed by atoms with van der Waals surface area (Å²) in [4.78, 5) is 11.6. The third-order valence-electron chi connectivity index (χ3n) is 2.75. The van der Waals surface area contributed by atoms with Gasteiger partial charge in [-0.1, -0.05) is 11.6 Å². The molecule has 1 aromatic heterocycles. The Bertz CT molecular complexity index is 409. The van der Waals surface area contributed by atoms with Gasteiger partial charge in [0.15, 0.2) is 5.15 Å². The minimum Gasteiger partial charge on any atom is -0.466 e. The number of rotatable bonds is 2. The van der Waals surface area contributed by atoms with Crippen molar-refractivity contribution < 1.29 is 9.53 Å². The first-order valence-corrected chi connectivity index (χ1v) is 5.76. The second-order valence-corrected chi connectivity index (χ2v) is 4.22. The number of hydrogen-bond donors (Lipinski definition) is 0. The Kier molecular flexibility index (Phi) is 3.39. The SMILES string of the molecule is CCOC(=O)[C@H]1CCc2nnc(Cl)cc2C1. The van der Waals surface area contributed by atoms with Gasteiger partial charge in [-0.2, -0.15) is 5.10 Å². The van der Waals surface area contributed by atoms with Gasteiger partial charge in [0.1, 0.15) is 0 Å². The largest absolute Gasteiger partial charge is 0.466 e. The van der Waals surface area contributed by atoms with Crippen LogP contribution in [0.2, 0.25) is 5.15 Å². The molecule has 0 aliphatic heterocycles. The zero-order valence-corrected chi connectivity index (χ0v) is 9.83. The first kappa shape index (κ1) is 11.3. The molecule has 16 heavy (non-hydrogen) atoms. The van der Waals surface area contributed by atoms with Gasteiger partial charge in [-0.05, 0) is 37.8 Å². The quantitative estimate of drug-likeness (QED) is 0.740. The molecule has 0 N–H and O–H groups in total.